The maximum Gasteiger partial charge on any atom is 0.253 e. The van der Waals surface area contributed by atoms with E-state index < -0.39 is 11.9 Å². The number of amides is 2. The Hall–Kier alpha value is -1.91. The number of aromatic nitrogens is 1. The zero-order chi connectivity index (χ0) is 15.5. The van der Waals surface area contributed by atoms with Crippen LogP contribution in [0.4, 0.5) is 0 Å². The van der Waals surface area contributed by atoms with Crippen molar-refractivity contribution in [3.05, 3.63) is 30.1 Å². The summed E-state index contributed by atoms with van der Waals surface area (Å²) in [5.74, 6) is -0.793. The van der Waals surface area contributed by atoms with Crippen molar-refractivity contribution >= 4 is 11.8 Å². The molecule has 1 atom stereocenters. The number of hydrogen-bond donors (Lipinski definition) is 2. The van der Waals surface area contributed by atoms with Gasteiger partial charge in [0.15, 0.2) is 0 Å². The van der Waals surface area contributed by atoms with Crippen LogP contribution in [0, 0.1) is 0 Å². The molecule has 0 radical (unpaired) electrons. The molecule has 1 aromatic heterocycles. The molecule has 1 aromatic rings. The molecule has 0 fully saturated rings. The minimum absolute atomic E-state index is 0.308. The van der Waals surface area contributed by atoms with E-state index in [4.69, 9.17) is 5.73 Å². The van der Waals surface area contributed by atoms with E-state index >= 15 is 0 Å². The van der Waals surface area contributed by atoms with Crippen LogP contribution in [0.2, 0.25) is 0 Å². The fraction of sp³-hybridized carbons (Fsp3) is 0.562. The maximum absolute atomic E-state index is 12.0. The number of carbonyl (C=O) groups excluding carboxylic acids is 2. The van der Waals surface area contributed by atoms with Crippen LogP contribution < -0.4 is 11.1 Å². The Kier molecular flexibility index (Phi) is 8.09. The van der Waals surface area contributed by atoms with E-state index in [0.717, 1.165) is 19.3 Å². The van der Waals surface area contributed by atoms with Gasteiger partial charge in [-0.15, -0.1) is 0 Å². The minimum Gasteiger partial charge on any atom is -0.368 e. The molecule has 5 nitrogen and oxygen atoms in total. The van der Waals surface area contributed by atoms with Crippen molar-refractivity contribution in [2.45, 2.75) is 57.9 Å². The van der Waals surface area contributed by atoms with Crippen molar-refractivity contribution in [1.29, 1.82) is 0 Å². The molecule has 116 valence electrons. The summed E-state index contributed by atoms with van der Waals surface area (Å²) in [6.07, 6.45) is 10.5. The lowest BCUT2D eigenvalue weighted by atomic mass is 10.0. The number of unbranched alkanes of at least 4 members (excludes halogenated alkanes) is 5. The lowest BCUT2D eigenvalue weighted by Crippen LogP contribution is -2.44. The van der Waals surface area contributed by atoms with Crippen LogP contribution in [0.5, 0.6) is 0 Å². The highest BCUT2D eigenvalue weighted by molar-refractivity contribution is 5.96. The first-order valence-electron chi connectivity index (χ1n) is 7.65. The van der Waals surface area contributed by atoms with Crippen molar-refractivity contribution in [1.82, 2.24) is 10.3 Å². The molecule has 0 saturated heterocycles. The third kappa shape index (κ3) is 6.88. The summed E-state index contributed by atoms with van der Waals surface area (Å²) in [6.45, 7) is 2.18. The number of nitrogens with zero attached hydrogens (tertiary/aromatic N) is 1. The summed E-state index contributed by atoms with van der Waals surface area (Å²) in [5.41, 5.74) is 5.79. The van der Waals surface area contributed by atoms with Crippen molar-refractivity contribution in [2.24, 2.45) is 5.73 Å². The zero-order valence-corrected chi connectivity index (χ0v) is 12.7. The smallest absolute Gasteiger partial charge is 0.253 e. The van der Waals surface area contributed by atoms with Gasteiger partial charge in [-0.1, -0.05) is 45.4 Å². The van der Waals surface area contributed by atoms with Crippen LogP contribution in [-0.4, -0.2) is 22.8 Å². The van der Waals surface area contributed by atoms with E-state index in [0.29, 0.717) is 12.0 Å². The molecule has 1 rings (SSSR count). The lowest BCUT2D eigenvalue weighted by Gasteiger charge is -2.15. The fourth-order valence-electron chi connectivity index (χ4n) is 2.15. The molecule has 0 bridgehead atoms. The third-order valence-electron chi connectivity index (χ3n) is 3.42. The van der Waals surface area contributed by atoms with Gasteiger partial charge in [-0.2, -0.15) is 0 Å². The van der Waals surface area contributed by atoms with E-state index in [1.54, 1.807) is 18.3 Å². The highest BCUT2D eigenvalue weighted by Gasteiger charge is 2.18. The maximum atomic E-state index is 12.0. The standard InChI is InChI=1S/C16H25N3O2/c1-2-3-4-5-6-7-10-14(15(17)20)19-16(21)13-9-8-11-18-12-13/h8-9,11-12,14H,2-7,10H2,1H3,(H2,17,20)(H,19,21)/t14-/m1/s1. The third-order valence-corrected chi connectivity index (χ3v) is 3.42. The summed E-state index contributed by atoms with van der Waals surface area (Å²) in [6, 6.07) is 2.73. The topological polar surface area (TPSA) is 85.1 Å². The largest absolute Gasteiger partial charge is 0.368 e. The number of hydrogen-bond acceptors (Lipinski definition) is 3. The quantitative estimate of drug-likeness (QED) is 0.649. The predicted octanol–water partition coefficient (Wildman–Crippen LogP) is 2.42. The summed E-state index contributed by atoms with van der Waals surface area (Å²) in [5, 5.41) is 2.68. The second-order valence-corrected chi connectivity index (χ2v) is 5.23. The second-order valence-electron chi connectivity index (χ2n) is 5.23. The summed E-state index contributed by atoms with van der Waals surface area (Å²) >= 11 is 0. The molecule has 21 heavy (non-hydrogen) atoms. The van der Waals surface area contributed by atoms with E-state index in [2.05, 4.69) is 17.2 Å². The molecular weight excluding hydrogens is 266 g/mol. The van der Waals surface area contributed by atoms with Gasteiger partial charge in [0.05, 0.1) is 5.56 Å². The Morgan fingerprint density at radius 3 is 2.57 bits per heavy atom. The predicted molar refractivity (Wildman–Crippen MR) is 82.7 cm³/mol. The Morgan fingerprint density at radius 1 is 1.24 bits per heavy atom. The summed E-state index contributed by atoms with van der Waals surface area (Å²) in [4.78, 5) is 27.3. The molecule has 0 aliphatic heterocycles. The Labute approximate surface area is 126 Å². The summed E-state index contributed by atoms with van der Waals surface area (Å²) in [7, 11) is 0. The lowest BCUT2D eigenvalue weighted by molar-refractivity contribution is -0.120. The first-order chi connectivity index (χ1) is 10.1. The highest BCUT2D eigenvalue weighted by atomic mass is 16.2. The SMILES string of the molecule is CCCCCCCC[C@@H](NC(=O)c1cccnc1)C(N)=O. The van der Waals surface area contributed by atoms with Gasteiger partial charge in [0, 0.05) is 12.4 Å². The Morgan fingerprint density at radius 2 is 1.95 bits per heavy atom. The molecule has 0 aliphatic rings. The van der Waals surface area contributed by atoms with Crippen LogP contribution in [0.25, 0.3) is 0 Å². The number of nitrogens with one attached hydrogen (secondary N) is 1. The first-order valence-corrected chi connectivity index (χ1v) is 7.65. The van der Waals surface area contributed by atoms with Crippen LogP contribution in [0.1, 0.15) is 62.2 Å². The van der Waals surface area contributed by atoms with Crippen molar-refractivity contribution in [3.63, 3.8) is 0 Å². The molecule has 0 saturated carbocycles. The number of pyridine rings is 1. The van der Waals surface area contributed by atoms with Gasteiger partial charge in [-0.3, -0.25) is 14.6 Å². The molecule has 3 N–H and O–H groups in total. The van der Waals surface area contributed by atoms with Gasteiger partial charge < -0.3 is 11.1 Å². The number of rotatable bonds is 10. The Bertz CT molecular complexity index is 434. The first kappa shape index (κ1) is 17.1. The molecule has 1 heterocycles. The summed E-state index contributed by atoms with van der Waals surface area (Å²) < 4.78 is 0. The molecule has 2 amide bonds. The minimum atomic E-state index is -0.608. The van der Waals surface area contributed by atoms with Crippen LogP contribution in [0.3, 0.4) is 0 Å². The van der Waals surface area contributed by atoms with Gasteiger partial charge in [0.1, 0.15) is 6.04 Å². The highest BCUT2D eigenvalue weighted by Crippen LogP contribution is 2.09. The molecule has 0 unspecified atom stereocenters. The van der Waals surface area contributed by atoms with Crippen molar-refractivity contribution in [3.8, 4) is 0 Å². The average Bonchev–Trinajstić information content (AvgIpc) is 2.50. The van der Waals surface area contributed by atoms with Crippen molar-refractivity contribution in [2.75, 3.05) is 0 Å². The van der Waals surface area contributed by atoms with E-state index in [1.807, 2.05) is 0 Å². The van der Waals surface area contributed by atoms with Gasteiger partial charge in [0.2, 0.25) is 5.91 Å². The van der Waals surface area contributed by atoms with Gasteiger partial charge >= 0.3 is 0 Å². The van der Waals surface area contributed by atoms with Crippen LogP contribution >= 0.6 is 0 Å². The van der Waals surface area contributed by atoms with Gasteiger partial charge in [-0.25, -0.2) is 0 Å². The van der Waals surface area contributed by atoms with Crippen molar-refractivity contribution < 1.29 is 9.59 Å². The fourth-order valence-corrected chi connectivity index (χ4v) is 2.15. The normalized spacial score (nSPS) is 11.9. The molecule has 0 aliphatic carbocycles. The molecule has 0 spiro atoms. The average molecular weight is 291 g/mol. The molecule has 0 aromatic carbocycles. The van der Waals surface area contributed by atoms with Crippen LogP contribution in [-0.2, 0) is 4.79 Å². The molecular formula is C16H25N3O2. The van der Waals surface area contributed by atoms with E-state index in [-0.39, 0.29) is 5.91 Å². The van der Waals surface area contributed by atoms with Crippen LogP contribution in [0.15, 0.2) is 24.5 Å². The number of carbonyl (C=O) groups is 2. The second kappa shape index (κ2) is 9.91. The number of nitrogens with two attached hydrogens (primary N) is 1. The monoisotopic (exact) mass is 291 g/mol. The zero-order valence-electron chi connectivity index (χ0n) is 12.7. The van der Waals surface area contributed by atoms with E-state index in [9.17, 15) is 9.59 Å². The van der Waals surface area contributed by atoms with E-state index in [1.165, 1.54) is 25.5 Å². The number of primary amides is 1. The Balaban J connectivity index is 2.36. The van der Waals surface area contributed by atoms with Gasteiger partial charge in [-0.05, 0) is 18.6 Å². The molecule has 5 heteroatoms. The van der Waals surface area contributed by atoms with Gasteiger partial charge in [0.25, 0.3) is 5.91 Å².